The number of unbranched alkanes of at least 4 members (excludes halogenated alkanes) is 5. The molecule has 0 saturated heterocycles. The minimum Gasteiger partial charge on any atom is -0.508 e. The summed E-state index contributed by atoms with van der Waals surface area (Å²) in [5.41, 5.74) is 4.38. The maximum absolute atomic E-state index is 10.1. The molecule has 0 atom stereocenters. The van der Waals surface area contributed by atoms with E-state index >= 15 is 0 Å². The van der Waals surface area contributed by atoms with Crippen molar-refractivity contribution in [2.75, 3.05) is 11.5 Å². The standard InChI is InChI=1S/C34H32N2O2S2/c37-23-15-17-31-27(21-23)33(25-11-5-7-13-29(25)35-31)39-19-9-3-1-2-4-10-20-40-34-26-12-6-8-14-30(26)36-32-18-16-24(38)22-28(32)34/h5-8,11-18,21-22,37-38H,1-4,9-10,19-20H2/p+2. The lowest BCUT2D eigenvalue weighted by Crippen LogP contribution is -2.06. The van der Waals surface area contributed by atoms with Crippen LogP contribution in [0.4, 0.5) is 0 Å². The van der Waals surface area contributed by atoms with Crippen LogP contribution < -0.4 is 9.97 Å². The average Bonchev–Trinajstić information content (AvgIpc) is 2.97. The van der Waals surface area contributed by atoms with E-state index < -0.39 is 0 Å². The second-order valence-electron chi connectivity index (χ2n) is 10.3. The molecule has 0 radical (unpaired) electrons. The molecule has 0 unspecified atom stereocenters. The molecule has 0 amide bonds. The number of phenols is 2. The molecule has 2 aromatic heterocycles. The van der Waals surface area contributed by atoms with Crippen molar-refractivity contribution in [2.45, 2.75) is 48.3 Å². The number of fused-ring (bicyclic) bond motifs is 4. The number of nitrogens with one attached hydrogen (secondary N) is 2. The predicted octanol–water partition coefficient (Wildman–Crippen LogP) is 8.56. The number of H-pyrrole nitrogens is 2. The molecule has 2 heterocycles. The second kappa shape index (κ2) is 12.4. The van der Waals surface area contributed by atoms with Crippen LogP contribution in [0.3, 0.4) is 0 Å². The van der Waals surface area contributed by atoms with Crippen LogP contribution in [-0.2, 0) is 0 Å². The molecule has 0 saturated carbocycles. The van der Waals surface area contributed by atoms with Gasteiger partial charge in [0.05, 0.1) is 21.5 Å². The fourth-order valence-electron chi connectivity index (χ4n) is 5.39. The van der Waals surface area contributed by atoms with Gasteiger partial charge in [0, 0.05) is 34.1 Å². The molecule has 0 bridgehead atoms. The summed E-state index contributed by atoms with van der Waals surface area (Å²) in [5.74, 6) is 2.77. The van der Waals surface area contributed by atoms with Crippen molar-refractivity contribution in [3.05, 3.63) is 84.9 Å². The summed E-state index contributed by atoms with van der Waals surface area (Å²) in [5, 5.41) is 24.8. The molecule has 0 spiro atoms. The van der Waals surface area contributed by atoms with Crippen LogP contribution in [0, 0.1) is 0 Å². The molecule has 0 aliphatic carbocycles. The van der Waals surface area contributed by atoms with Crippen LogP contribution in [0.25, 0.3) is 43.6 Å². The third-order valence-electron chi connectivity index (χ3n) is 7.41. The van der Waals surface area contributed by atoms with Gasteiger partial charge in [-0.2, -0.15) is 0 Å². The van der Waals surface area contributed by atoms with E-state index in [1.807, 2.05) is 47.8 Å². The average molecular weight is 567 g/mol. The zero-order chi connectivity index (χ0) is 27.3. The number of para-hydroxylation sites is 2. The highest BCUT2D eigenvalue weighted by atomic mass is 32.2. The summed E-state index contributed by atoms with van der Waals surface area (Å²) in [7, 11) is 0. The number of hydrogen-bond donors (Lipinski definition) is 2. The number of aromatic hydroxyl groups is 2. The molecule has 4 aromatic carbocycles. The molecule has 4 N–H and O–H groups in total. The smallest absolute Gasteiger partial charge is 0.212 e. The summed E-state index contributed by atoms with van der Waals surface area (Å²) in [6, 6.07) is 28.0. The lowest BCUT2D eigenvalue weighted by molar-refractivity contribution is -0.311. The first-order chi connectivity index (χ1) is 19.7. The number of aromatic nitrogens is 2. The third-order valence-corrected chi connectivity index (χ3v) is 9.85. The Kier molecular flexibility index (Phi) is 8.26. The monoisotopic (exact) mass is 566 g/mol. The van der Waals surface area contributed by atoms with Crippen molar-refractivity contribution in [3.8, 4) is 11.5 Å². The van der Waals surface area contributed by atoms with Gasteiger partial charge in [-0.1, -0.05) is 49.9 Å². The second-order valence-corrected chi connectivity index (χ2v) is 12.5. The summed E-state index contributed by atoms with van der Waals surface area (Å²) in [6.45, 7) is 0. The maximum Gasteiger partial charge on any atom is 0.212 e. The third kappa shape index (κ3) is 5.84. The van der Waals surface area contributed by atoms with Crippen LogP contribution in [0.15, 0.2) is 94.7 Å². The Morgan fingerprint density at radius 2 is 0.850 bits per heavy atom. The Morgan fingerprint density at radius 1 is 0.450 bits per heavy atom. The van der Waals surface area contributed by atoms with E-state index in [4.69, 9.17) is 0 Å². The van der Waals surface area contributed by atoms with Gasteiger partial charge >= 0.3 is 0 Å². The summed E-state index contributed by atoms with van der Waals surface area (Å²) < 4.78 is 0. The molecule has 40 heavy (non-hydrogen) atoms. The van der Waals surface area contributed by atoms with E-state index in [-0.39, 0.29) is 0 Å². The Morgan fingerprint density at radius 3 is 1.32 bits per heavy atom. The fraction of sp³-hybridized carbons (Fsp3) is 0.235. The van der Waals surface area contributed by atoms with Crippen LogP contribution in [0.5, 0.6) is 11.5 Å². The van der Waals surface area contributed by atoms with Gasteiger partial charge in [-0.05, 0) is 60.7 Å². The molecule has 0 fully saturated rings. The summed E-state index contributed by atoms with van der Waals surface area (Å²) in [6.07, 6.45) is 7.38. The van der Waals surface area contributed by atoms with Gasteiger partial charge in [-0.25, -0.2) is 9.97 Å². The van der Waals surface area contributed by atoms with E-state index in [0.29, 0.717) is 11.5 Å². The van der Waals surface area contributed by atoms with Gasteiger partial charge in [0.25, 0.3) is 0 Å². The lowest BCUT2D eigenvalue weighted by atomic mass is 10.1. The van der Waals surface area contributed by atoms with E-state index in [1.54, 1.807) is 12.1 Å². The number of phenolic OH excluding ortho intramolecular Hbond substituents is 2. The molecule has 0 aliphatic heterocycles. The van der Waals surface area contributed by atoms with Gasteiger partial charge in [-0.15, -0.1) is 23.5 Å². The maximum atomic E-state index is 10.1. The van der Waals surface area contributed by atoms with Crippen molar-refractivity contribution in [1.82, 2.24) is 0 Å². The van der Waals surface area contributed by atoms with Gasteiger partial charge < -0.3 is 10.2 Å². The normalized spacial score (nSPS) is 11.7. The van der Waals surface area contributed by atoms with Gasteiger partial charge in [0.2, 0.25) is 22.1 Å². The topological polar surface area (TPSA) is 68.7 Å². The molecular weight excluding hydrogens is 533 g/mol. The SMILES string of the molecule is Oc1ccc2[nH+]c3ccccc3c(SCCCCCCCCSc3c4ccccc4[nH+]c4ccc(O)cc34)c2c1. The van der Waals surface area contributed by atoms with Crippen molar-refractivity contribution in [2.24, 2.45) is 0 Å². The van der Waals surface area contributed by atoms with Crippen LogP contribution >= 0.6 is 23.5 Å². The van der Waals surface area contributed by atoms with E-state index in [9.17, 15) is 10.2 Å². The first-order valence-corrected chi connectivity index (χ1v) is 16.0. The van der Waals surface area contributed by atoms with Gasteiger partial charge in [0.1, 0.15) is 11.5 Å². The molecule has 6 aromatic rings. The minimum absolute atomic E-state index is 0.307. The van der Waals surface area contributed by atoms with Crippen LogP contribution in [0.1, 0.15) is 38.5 Å². The lowest BCUT2D eigenvalue weighted by Gasteiger charge is -2.08. The van der Waals surface area contributed by atoms with Crippen LogP contribution in [-0.4, -0.2) is 21.7 Å². The number of hydrogen-bond acceptors (Lipinski definition) is 4. The zero-order valence-corrected chi connectivity index (χ0v) is 24.1. The molecule has 0 aliphatic rings. The first kappa shape index (κ1) is 26.7. The van der Waals surface area contributed by atoms with Gasteiger partial charge in [-0.3, -0.25) is 0 Å². The Bertz CT molecular complexity index is 1670. The van der Waals surface area contributed by atoms with Gasteiger partial charge in [0.15, 0.2) is 0 Å². The van der Waals surface area contributed by atoms with E-state index in [0.717, 1.165) is 44.3 Å². The number of aromatic amines is 2. The zero-order valence-electron chi connectivity index (χ0n) is 22.5. The number of pyridine rings is 2. The fourth-order valence-corrected chi connectivity index (χ4v) is 7.81. The largest absolute Gasteiger partial charge is 0.508 e. The predicted molar refractivity (Wildman–Crippen MR) is 168 cm³/mol. The van der Waals surface area contributed by atoms with Crippen LogP contribution in [0.2, 0.25) is 0 Å². The Labute approximate surface area is 242 Å². The molecule has 202 valence electrons. The number of benzene rings is 4. The Balaban J connectivity index is 0.983. The van der Waals surface area contributed by atoms with Crippen molar-refractivity contribution in [3.63, 3.8) is 0 Å². The highest BCUT2D eigenvalue weighted by Gasteiger charge is 2.16. The molecular formula is C34H34N2O2S2+2. The molecule has 6 rings (SSSR count). The summed E-state index contributed by atoms with van der Waals surface area (Å²) >= 11 is 3.81. The first-order valence-electron chi connectivity index (χ1n) is 14.1. The van der Waals surface area contributed by atoms with E-state index in [2.05, 4.69) is 58.5 Å². The summed E-state index contributed by atoms with van der Waals surface area (Å²) in [4.78, 5) is 9.51. The van der Waals surface area contributed by atoms with Crippen molar-refractivity contribution >= 4 is 67.1 Å². The Hall–Kier alpha value is -3.48. The quantitative estimate of drug-likeness (QED) is 0.0936. The number of thioether (sulfide) groups is 2. The number of rotatable bonds is 11. The highest BCUT2D eigenvalue weighted by molar-refractivity contribution is 8.00. The molecule has 6 heteroatoms. The minimum atomic E-state index is 0.307. The van der Waals surface area contributed by atoms with E-state index in [1.165, 1.54) is 59.1 Å². The molecule has 4 nitrogen and oxygen atoms in total. The highest BCUT2D eigenvalue weighted by Crippen LogP contribution is 2.36. The van der Waals surface area contributed by atoms with Crippen molar-refractivity contribution < 1.29 is 20.2 Å². The van der Waals surface area contributed by atoms with Crippen molar-refractivity contribution in [1.29, 1.82) is 0 Å².